The molecule has 1 fully saturated rings. The molecule has 1 heterocycles. The van der Waals surface area contributed by atoms with Crippen LogP contribution in [0.25, 0.3) is 0 Å². The number of piperidine rings is 1. The molecule has 0 saturated carbocycles. The molecule has 37 heavy (non-hydrogen) atoms. The molecular formula is C23H51NO7S4Si2. The van der Waals surface area contributed by atoms with Gasteiger partial charge in [-0.25, -0.2) is 0 Å². The van der Waals surface area contributed by atoms with Crippen LogP contribution in [0.4, 0.5) is 0 Å². The van der Waals surface area contributed by atoms with Crippen LogP contribution in [-0.4, -0.2) is 79.4 Å². The predicted molar refractivity (Wildman–Crippen MR) is 167 cm³/mol. The molecule has 1 saturated heterocycles. The maximum Gasteiger partial charge on any atom is 0.515 e. The summed E-state index contributed by atoms with van der Waals surface area (Å²) in [4.78, 5) is 10.7. The van der Waals surface area contributed by atoms with Crippen molar-refractivity contribution in [3.63, 3.8) is 0 Å². The fourth-order valence-corrected chi connectivity index (χ4v) is 21.2. The Labute approximate surface area is 243 Å². The first kappa shape index (κ1) is 38.1. The highest BCUT2D eigenvalue weighted by Gasteiger charge is 2.50. The van der Waals surface area contributed by atoms with Crippen LogP contribution in [0.15, 0.2) is 0 Å². The van der Waals surface area contributed by atoms with Gasteiger partial charge in [-0.1, -0.05) is 35.4 Å². The highest BCUT2D eigenvalue weighted by Crippen LogP contribution is 2.51. The summed E-state index contributed by atoms with van der Waals surface area (Å²) >= 11 is 0. The summed E-state index contributed by atoms with van der Waals surface area (Å²) in [5.41, 5.74) is 0. The molecule has 1 amide bonds. The lowest BCUT2D eigenvalue weighted by atomic mass is 10.2. The van der Waals surface area contributed by atoms with Crippen LogP contribution >= 0.6 is 41.2 Å². The third kappa shape index (κ3) is 14.5. The molecule has 1 N–H and O–H groups in total. The van der Waals surface area contributed by atoms with Gasteiger partial charge in [-0.15, -0.1) is 0 Å². The van der Waals surface area contributed by atoms with Crippen LogP contribution < -0.4 is 5.32 Å². The molecule has 0 bridgehead atoms. The first-order chi connectivity index (χ1) is 17.9. The van der Waals surface area contributed by atoms with Crippen LogP contribution in [-0.2, 0) is 31.4 Å². The van der Waals surface area contributed by atoms with Crippen LogP contribution in [0, 0.1) is 0 Å². The van der Waals surface area contributed by atoms with Crippen molar-refractivity contribution in [2.24, 2.45) is 0 Å². The van der Waals surface area contributed by atoms with Gasteiger partial charge < -0.3 is 31.9 Å². The Kier molecular flexibility index (Phi) is 24.4. The Morgan fingerprint density at radius 3 is 1.19 bits per heavy atom. The van der Waals surface area contributed by atoms with E-state index in [1.54, 1.807) is 41.2 Å². The Hall–Kier alpha value is 1.06. The van der Waals surface area contributed by atoms with Gasteiger partial charge in [0.25, 0.3) is 0 Å². The zero-order chi connectivity index (χ0) is 28.0. The highest BCUT2D eigenvalue weighted by atomic mass is 33.7. The molecule has 0 aromatic rings. The number of rotatable bonds is 21. The zero-order valence-electron chi connectivity index (χ0n) is 24.1. The summed E-state index contributed by atoms with van der Waals surface area (Å²) in [6.07, 6.45) is 4.83. The Morgan fingerprint density at radius 1 is 0.649 bits per heavy atom. The van der Waals surface area contributed by atoms with Gasteiger partial charge in [-0.05, 0) is 86.9 Å². The number of amides is 1. The molecule has 1 rings (SSSR count). The molecule has 2 atom stereocenters. The summed E-state index contributed by atoms with van der Waals surface area (Å²) in [5, 5.41) is 2.74. The molecule has 2 unspecified atom stereocenters. The molecule has 0 aliphatic carbocycles. The number of carbonyl (C=O) groups is 1. The second kappa shape index (κ2) is 23.7. The van der Waals surface area contributed by atoms with Gasteiger partial charge >= 0.3 is 17.6 Å². The Balaban J connectivity index is 0.00000158. The lowest BCUT2D eigenvalue weighted by Crippen LogP contribution is -2.55. The summed E-state index contributed by atoms with van der Waals surface area (Å²) in [6, 6.07) is 0. The molecule has 222 valence electrons. The van der Waals surface area contributed by atoms with Gasteiger partial charge in [-0.3, -0.25) is 4.79 Å². The summed E-state index contributed by atoms with van der Waals surface area (Å²) in [5.74, 6) is 0.214. The van der Waals surface area contributed by atoms with E-state index >= 15 is 0 Å². The highest BCUT2D eigenvalue weighted by molar-refractivity contribution is 9.26. The van der Waals surface area contributed by atoms with Crippen LogP contribution in [0.2, 0.25) is 0 Å². The van der Waals surface area contributed by atoms with E-state index in [1.807, 2.05) is 41.5 Å². The van der Waals surface area contributed by atoms with Crippen LogP contribution in [0.5, 0.6) is 0 Å². The second-order valence-corrected chi connectivity index (χ2v) is 20.3. The van der Waals surface area contributed by atoms with Crippen molar-refractivity contribution in [1.82, 2.24) is 5.32 Å². The van der Waals surface area contributed by atoms with Crippen LogP contribution in [0.3, 0.4) is 0 Å². The average molecular weight is 638 g/mol. The van der Waals surface area contributed by atoms with Crippen molar-refractivity contribution in [2.75, 3.05) is 46.2 Å². The second-order valence-electron chi connectivity index (χ2n) is 7.73. The van der Waals surface area contributed by atoms with Crippen molar-refractivity contribution < 1.29 is 31.4 Å². The van der Waals surface area contributed by atoms with Gasteiger partial charge in [0.1, 0.15) is 0 Å². The quantitative estimate of drug-likeness (QED) is 0.0831. The summed E-state index contributed by atoms with van der Waals surface area (Å²) < 4.78 is 36.6. The van der Waals surface area contributed by atoms with Gasteiger partial charge in [0.15, 0.2) is 0 Å². The first-order valence-corrected chi connectivity index (χ1v) is 22.2. The topological polar surface area (TPSA) is 84.5 Å². The van der Waals surface area contributed by atoms with E-state index in [-0.39, 0.29) is 15.7 Å². The molecule has 14 heteroatoms. The summed E-state index contributed by atoms with van der Waals surface area (Å²) in [7, 11) is 1.62. The largest absolute Gasteiger partial charge is 0.515 e. The van der Waals surface area contributed by atoms with Crippen molar-refractivity contribution in [3.8, 4) is 0 Å². The van der Waals surface area contributed by atoms with Crippen LogP contribution in [0.1, 0.15) is 87.5 Å². The van der Waals surface area contributed by atoms with E-state index in [1.165, 1.54) is 0 Å². The minimum atomic E-state index is -2.73. The monoisotopic (exact) mass is 637 g/mol. The Morgan fingerprint density at radius 2 is 1.00 bits per heavy atom. The van der Waals surface area contributed by atoms with Gasteiger partial charge in [0.05, 0.1) is 9.75 Å². The smallest absolute Gasteiger partial charge is 0.373 e. The molecule has 0 spiro atoms. The zero-order valence-corrected chi connectivity index (χ0v) is 29.4. The van der Waals surface area contributed by atoms with Crippen molar-refractivity contribution in [3.05, 3.63) is 0 Å². The van der Waals surface area contributed by atoms with E-state index in [9.17, 15) is 4.79 Å². The fraction of sp³-hybridized carbons (Fsp3) is 0.957. The molecule has 0 aromatic heterocycles. The van der Waals surface area contributed by atoms with Crippen molar-refractivity contribution in [1.29, 1.82) is 0 Å². The average Bonchev–Trinajstić information content (AvgIpc) is 2.88. The van der Waals surface area contributed by atoms with Gasteiger partial charge in [0.2, 0.25) is 5.91 Å². The van der Waals surface area contributed by atoms with E-state index in [0.29, 0.717) is 39.6 Å². The first-order valence-electron chi connectivity index (χ1n) is 13.6. The molecule has 8 nitrogen and oxygen atoms in total. The SMILES string of the molecule is CCO[Si](OCC)(OCC)C(CC)SSSSC(CC)[Si](OCC)(OCC)OCC.O=C1CCCCN1. The maximum absolute atomic E-state index is 10.4. The maximum atomic E-state index is 10.4. The lowest BCUT2D eigenvalue weighted by molar-refractivity contribution is -0.122. The molecule has 1 aliphatic rings. The van der Waals surface area contributed by atoms with E-state index in [2.05, 4.69) is 19.2 Å². The lowest BCUT2D eigenvalue weighted by Gasteiger charge is -2.34. The minimum Gasteiger partial charge on any atom is -0.373 e. The molecule has 0 aromatic carbocycles. The van der Waals surface area contributed by atoms with Gasteiger partial charge in [-0.2, -0.15) is 0 Å². The van der Waals surface area contributed by atoms with Gasteiger partial charge in [0, 0.05) is 52.6 Å². The third-order valence-electron chi connectivity index (χ3n) is 5.09. The predicted octanol–water partition coefficient (Wildman–Crippen LogP) is 6.68. The van der Waals surface area contributed by atoms with Crippen molar-refractivity contribution >= 4 is 64.8 Å². The third-order valence-corrected chi connectivity index (χ3v) is 21.9. The van der Waals surface area contributed by atoms with Crippen molar-refractivity contribution in [2.45, 2.75) is 97.2 Å². The standard InChI is InChI=1S/C18H42O6S4Si2.C5H9NO/c1-9-17(29(19-11-3,20-12-4)21-13-5)25-27-28-26-18(10-2)30(22-14-6,23-15-7)24-16-8;7-5-3-1-2-4-6-5/h17-18H,9-16H2,1-8H3;1-4H2,(H,6,7). The number of hydrogen-bond acceptors (Lipinski definition) is 11. The van der Waals surface area contributed by atoms with E-state index in [0.717, 1.165) is 38.6 Å². The Bertz CT molecular complexity index is 495. The number of carbonyl (C=O) groups excluding carboxylic acids is 1. The molecule has 0 radical (unpaired) electrons. The molecular weight excluding hydrogens is 587 g/mol. The number of hydrogen-bond donors (Lipinski definition) is 1. The number of nitrogens with one attached hydrogen (secondary N) is 1. The minimum absolute atomic E-state index is 0.184. The molecule has 1 aliphatic heterocycles. The normalized spacial score (nSPS) is 16.1. The fourth-order valence-electron chi connectivity index (χ4n) is 3.62. The summed E-state index contributed by atoms with van der Waals surface area (Å²) in [6.45, 7) is 20.8. The van der Waals surface area contributed by atoms with E-state index in [4.69, 9.17) is 26.6 Å². The van der Waals surface area contributed by atoms with E-state index < -0.39 is 17.6 Å².